The predicted octanol–water partition coefficient (Wildman–Crippen LogP) is 3.50. The maximum absolute atomic E-state index is 10.8. The highest BCUT2D eigenvalue weighted by molar-refractivity contribution is 5.87. The molecule has 0 fully saturated rings. The van der Waals surface area contributed by atoms with E-state index in [1.807, 2.05) is 18.2 Å². The Kier molecular flexibility index (Phi) is 5.52. The van der Waals surface area contributed by atoms with Crippen LogP contribution >= 0.6 is 0 Å². The van der Waals surface area contributed by atoms with Gasteiger partial charge in [0.1, 0.15) is 0 Å². The molecule has 2 N–H and O–H groups in total. The number of carbonyl (C=O) groups is 1. The Bertz CT molecular complexity index is 564. The van der Waals surface area contributed by atoms with E-state index in [0.717, 1.165) is 24.9 Å². The summed E-state index contributed by atoms with van der Waals surface area (Å²) in [7, 11) is 0. The normalized spacial score (nSPS) is 12.0. The zero-order valence-corrected chi connectivity index (χ0v) is 12.3. The van der Waals surface area contributed by atoms with Crippen molar-refractivity contribution in [3.8, 4) is 0 Å². The van der Waals surface area contributed by atoms with Crippen LogP contribution in [-0.2, 0) is 13.0 Å². The number of aryl methyl sites for hydroxylation is 1. The molecule has 0 radical (unpaired) electrons. The van der Waals surface area contributed by atoms with Crippen LogP contribution in [0.4, 0.5) is 0 Å². The zero-order chi connectivity index (χ0) is 15.1. The molecule has 0 heterocycles. The highest BCUT2D eigenvalue weighted by Gasteiger charge is 2.04. The maximum Gasteiger partial charge on any atom is 0.335 e. The Morgan fingerprint density at radius 3 is 2.33 bits per heavy atom. The number of benzene rings is 2. The van der Waals surface area contributed by atoms with Crippen molar-refractivity contribution < 1.29 is 9.90 Å². The van der Waals surface area contributed by atoms with Crippen LogP contribution in [0.15, 0.2) is 54.6 Å². The van der Waals surface area contributed by atoms with Gasteiger partial charge < -0.3 is 10.4 Å². The van der Waals surface area contributed by atoms with Crippen molar-refractivity contribution in [3.63, 3.8) is 0 Å². The molecule has 110 valence electrons. The lowest BCUT2D eigenvalue weighted by Crippen LogP contribution is -2.25. The summed E-state index contributed by atoms with van der Waals surface area (Å²) < 4.78 is 0. The van der Waals surface area contributed by atoms with Crippen LogP contribution in [0.3, 0.4) is 0 Å². The maximum atomic E-state index is 10.8. The van der Waals surface area contributed by atoms with Crippen LogP contribution in [0.5, 0.6) is 0 Å². The number of hydrogen-bond acceptors (Lipinski definition) is 2. The van der Waals surface area contributed by atoms with Crippen molar-refractivity contribution >= 4 is 5.97 Å². The SMILES string of the molecule is CC(CCc1ccccc1)NCc1ccc(C(=O)O)cc1. The Hall–Kier alpha value is -2.13. The minimum Gasteiger partial charge on any atom is -0.478 e. The summed E-state index contributed by atoms with van der Waals surface area (Å²) in [6, 6.07) is 17.9. The minimum atomic E-state index is -0.884. The Morgan fingerprint density at radius 1 is 1.05 bits per heavy atom. The van der Waals surface area contributed by atoms with Gasteiger partial charge in [0.05, 0.1) is 5.56 Å². The average molecular weight is 283 g/mol. The fraction of sp³-hybridized carbons (Fsp3) is 0.278. The Labute approximate surface area is 125 Å². The smallest absolute Gasteiger partial charge is 0.335 e. The highest BCUT2D eigenvalue weighted by atomic mass is 16.4. The molecule has 0 saturated carbocycles. The molecule has 3 nitrogen and oxygen atoms in total. The van der Waals surface area contributed by atoms with Crippen LogP contribution in [0.25, 0.3) is 0 Å². The molecule has 3 heteroatoms. The first-order chi connectivity index (χ1) is 10.1. The molecule has 0 aromatic heterocycles. The van der Waals surface area contributed by atoms with E-state index in [1.54, 1.807) is 12.1 Å². The summed E-state index contributed by atoms with van der Waals surface area (Å²) in [6.45, 7) is 2.93. The summed E-state index contributed by atoms with van der Waals surface area (Å²) in [6.07, 6.45) is 2.14. The lowest BCUT2D eigenvalue weighted by Gasteiger charge is -2.14. The summed E-state index contributed by atoms with van der Waals surface area (Å²) in [5, 5.41) is 12.3. The zero-order valence-electron chi connectivity index (χ0n) is 12.3. The van der Waals surface area contributed by atoms with E-state index in [4.69, 9.17) is 5.11 Å². The number of hydrogen-bond donors (Lipinski definition) is 2. The second kappa shape index (κ2) is 7.60. The largest absolute Gasteiger partial charge is 0.478 e. The predicted molar refractivity (Wildman–Crippen MR) is 84.5 cm³/mol. The average Bonchev–Trinajstić information content (AvgIpc) is 2.52. The van der Waals surface area contributed by atoms with Crippen LogP contribution in [-0.4, -0.2) is 17.1 Å². The second-order valence-corrected chi connectivity index (χ2v) is 5.31. The van der Waals surface area contributed by atoms with E-state index < -0.39 is 5.97 Å². The number of aromatic carboxylic acids is 1. The van der Waals surface area contributed by atoms with Gasteiger partial charge in [-0.25, -0.2) is 4.79 Å². The van der Waals surface area contributed by atoms with Gasteiger partial charge in [0.25, 0.3) is 0 Å². The first-order valence-corrected chi connectivity index (χ1v) is 7.24. The van der Waals surface area contributed by atoms with E-state index in [2.05, 4.69) is 36.5 Å². The summed E-state index contributed by atoms with van der Waals surface area (Å²) in [5.74, 6) is -0.884. The van der Waals surface area contributed by atoms with Crippen LogP contribution in [0.1, 0.15) is 34.8 Å². The molecule has 0 saturated heterocycles. The molecule has 0 aliphatic carbocycles. The number of carboxylic acid groups (broad SMARTS) is 1. The molecule has 0 amide bonds. The quantitative estimate of drug-likeness (QED) is 0.817. The molecule has 0 aliphatic heterocycles. The summed E-state index contributed by atoms with van der Waals surface area (Å²) in [5.41, 5.74) is 2.79. The lowest BCUT2D eigenvalue weighted by atomic mass is 10.1. The van der Waals surface area contributed by atoms with Crippen LogP contribution in [0, 0.1) is 0 Å². The standard InChI is InChI=1S/C18H21NO2/c1-14(7-8-15-5-3-2-4-6-15)19-13-16-9-11-17(12-10-16)18(20)21/h2-6,9-12,14,19H,7-8,13H2,1H3,(H,20,21). The van der Waals surface area contributed by atoms with Crippen molar-refractivity contribution in [2.24, 2.45) is 0 Å². The number of nitrogens with one attached hydrogen (secondary N) is 1. The molecule has 0 spiro atoms. The molecule has 0 aliphatic rings. The fourth-order valence-corrected chi connectivity index (χ4v) is 2.19. The van der Waals surface area contributed by atoms with E-state index >= 15 is 0 Å². The van der Waals surface area contributed by atoms with Gasteiger partial charge >= 0.3 is 5.97 Å². The van der Waals surface area contributed by atoms with E-state index in [0.29, 0.717) is 11.6 Å². The van der Waals surface area contributed by atoms with Gasteiger partial charge in [0.15, 0.2) is 0 Å². The molecule has 2 aromatic rings. The van der Waals surface area contributed by atoms with Gasteiger partial charge in [0.2, 0.25) is 0 Å². The molecule has 2 rings (SSSR count). The van der Waals surface area contributed by atoms with E-state index in [-0.39, 0.29) is 0 Å². The van der Waals surface area contributed by atoms with Gasteiger partial charge in [-0.05, 0) is 43.0 Å². The van der Waals surface area contributed by atoms with Crippen molar-refractivity contribution in [1.29, 1.82) is 0 Å². The van der Waals surface area contributed by atoms with Gasteiger partial charge in [-0.1, -0.05) is 42.5 Å². The third kappa shape index (κ3) is 5.04. The molecule has 21 heavy (non-hydrogen) atoms. The third-order valence-electron chi connectivity index (χ3n) is 3.56. The molecule has 1 atom stereocenters. The van der Waals surface area contributed by atoms with Gasteiger partial charge in [-0.15, -0.1) is 0 Å². The number of rotatable bonds is 7. The Morgan fingerprint density at radius 2 is 1.71 bits per heavy atom. The van der Waals surface area contributed by atoms with Gasteiger partial charge in [-0.2, -0.15) is 0 Å². The van der Waals surface area contributed by atoms with Gasteiger partial charge in [0, 0.05) is 12.6 Å². The topological polar surface area (TPSA) is 49.3 Å². The second-order valence-electron chi connectivity index (χ2n) is 5.31. The molecular weight excluding hydrogens is 262 g/mol. The lowest BCUT2D eigenvalue weighted by molar-refractivity contribution is 0.0697. The first-order valence-electron chi connectivity index (χ1n) is 7.24. The minimum absolute atomic E-state index is 0.330. The van der Waals surface area contributed by atoms with Crippen molar-refractivity contribution in [2.45, 2.75) is 32.4 Å². The Balaban J connectivity index is 1.75. The van der Waals surface area contributed by atoms with E-state index in [9.17, 15) is 4.79 Å². The molecule has 2 aromatic carbocycles. The molecule has 1 unspecified atom stereocenters. The molecule has 0 bridgehead atoms. The van der Waals surface area contributed by atoms with Crippen LogP contribution < -0.4 is 5.32 Å². The van der Waals surface area contributed by atoms with E-state index in [1.165, 1.54) is 5.56 Å². The summed E-state index contributed by atoms with van der Waals surface area (Å²) in [4.78, 5) is 10.8. The summed E-state index contributed by atoms with van der Waals surface area (Å²) >= 11 is 0. The fourth-order valence-electron chi connectivity index (χ4n) is 2.19. The monoisotopic (exact) mass is 283 g/mol. The van der Waals surface area contributed by atoms with Crippen molar-refractivity contribution in [3.05, 3.63) is 71.3 Å². The van der Waals surface area contributed by atoms with Gasteiger partial charge in [-0.3, -0.25) is 0 Å². The van der Waals surface area contributed by atoms with Crippen molar-refractivity contribution in [1.82, 2.24) is 5.32 Å². The van der Waals surface area contributed by atoms with Crippen molar-refractivity contribution in [2.75, 3.05) is 0 Å². The first kappa shape index (κ1) is 15.3. The third-order valence-corrected chi connectivity index (χ3v) is 3.56. The highest BCUT2D eigenvalue weighted by Crippen LogP contribution is 2.07. The molecular formula is C18H21NO2. The van der Waals surface area contributed by atoms with Crippen LogP contribution in [0.2, 0.25) is 0 Å². The number of carboxylic acids is 1.